The van der Waals surface area contributed by atoms with Gasteiger partial charge in [0.2, 0.25) is 0 Å². The molecular weight excluding hydrogens is 514 g/mol. The lowest BCUT2D eigenvalue weighted by atomic mass is 10.1. The van der Waals surface area contributed by atoms with Crippen molar-refractivity contribution >= 4 is 34.0 Å². The van der Waals surface area contributed by atoms with Gasteiger partial charge in [0.1, 0.15) is 12.7 Å². The number of fused-ring (bicyclic) bond motifs is 3. The maximum atomic E-state index is 4.15. The van der Waals surface area contributed by atoms with E-state index in [1.807, 2.05) is 16.4 Å². The molecule has 0 amide bonds. The zero-order valence-electron chi connectivity index (χ0n) is 24.1. The standard InChI is InChI=1S/C17H20N2S.C15H19N5/c1-13(18(2)3)12-19-14-8-4-6-10-16(14)20-17-11-7-5-9-15(17)19;1-19(2)6-5-13-8-17-15-4-3-12(7-14(13)15)9-20-11-16-10-18-20/h4-11,13H,12H2,1-3H3;3-4,7-8,10-11,17H,5-6,9H2,1-2H3. The van der Waals surface area contributed by atoms with Gasteiger partial charge >= 0.3 is 0 Å². The Hall–Kier alpha value is -3.59. The van der Waals surface area contributed by atoms with E-state index in [1.165, 1.54) is 43.2 Å². The van der Waals surface area contributed by atoms with Crippen LogP contribution in [-0.2, 0) is 13.0 Å². The molecule has 1 unspecified atom stereocenters. The first-order valence-corrected chi connectivity index (χ1v) is 14.6. The minimum Gasteiger partial charge on any atom is -0.361 e. The second kappa shape index (κ2) is 12.7. The summed E-state index contributed by atoms with van der Waals surface area (Å²) in [5, 5.41) is 5.46. The zero-order chi connectivity index (χ0) is 28.1. The molecule has 3 aromatic carbocycles. The maximum absolute atomic E-state index is 4.15. The zero-order valence-corrected chi connectivity index (χ0v) is 24.9. The Morgan fingerprint density at radius 2 is 1.62 bits per heavy atom. The van der Waals surface area contributed by atoms with E-state index in [4.69, 9.17) is 0 Å². The van der Waals surface area contributed by atoms with Crippen LogP contribution in [0, 0.1) is 0 Å². The van der Waals surface area contributed by atoms with Gasteiger partial charge in [0, 0.05) is 46.0 Å². The average Bonchev–Trinajstić information content (AvgIpc) is 3.61. The van der Waals surface area contributed by atoms with Gasteiger partial charge in [-0.15, -0.1) is 0 Å². The fourth-order valence-electron chi connectivity index (χ4n) is 4.78. The average molecular weight is 554 g/mol. The Morgan fingerprint density at radius 1 is 0.925 bits per heavy atom. The monoisotopic (exact) mass is 553 g/mol. The Kier molecular flexibility index (Phi) is 8.89. The van der Waals surface area contributed by atoms with Gasteiger partial charge in [0.05, 0.1) is 17.9 Å². The molecule has 2 aromatic heterocycles. The van der Waals surface area contributed by atoms with E-state index in [9.17, 15) is 0 Å². The lowest BCUT2D eigenvalue weighted by molar-refractivity contribution is 0.319. The second-order valence-electron chi connectivity index (χ2n) is 10.8. The Morgan fingerprint density at radius 3 is 2.25 bits per heavy atom. The largest absolute Gasteiger partial charge is 0.361 e. The quantitative estimate of drug-likeness (QED) is 0.249. The third kappa shape index (κ3) is 6.58. The van der Waals surface area contributed by atoms with E-state index in [2.05, 4.69) is 138 Å². The van der Waals surface area contributed by atoms with Crippen LogP contribution in [0.1, 0.15) is 18.1 Å². The summed E-state index contributed by atoms with van der Waals surface area (Å²) >= 11 is 1.87. The second-order valence-corrected chi connectivity index (χ2v) is 11.9. The predicted octanol–water partition coefficient (Wildman–Crippen LogP) is 6.15. The van der Waals surface area contributed by atoms with E-state index >= 15 is 0 Å². The highest BCUT2D eigenvalue weighted by Crippen LogP contribution is 2.47. The molecule has 8 heteroatoms. The SMILES string of the molecule is CC(CN1c2ccccc2Sc2ccccc21)N(C)C.CN(C)CCc1c[nH]c2ccc(Cn3cncn3)cc12. The van der Waals surface area contributed by atoms with Crippen molar-refractivity contribution in [2.45, 2.75) is 35.7 Å². The molecule has 40 heavy (non-hydrogen) atoms. The molecule has 0 aliphatic carbocycles. The molecule has 0 bridgehead atoms. The number of benzene rings is 3. The molecule has 5 aromatic rings. The first-order valence-electron chi connectivity index (χ1n) is 13.7. The summed E-state index contributed by atoms with van der Waals surface area (Å²) in [5.74, 6) is 0. The van der Waals surface area contributed by atoms with Crippen molar-refractivity contribution in [2.24, 2.45) is 0 Å². The number of rotatable bonds is 8. The van der Waals surface area contributed by atoms with Crippen molar-refractivity contribution in [3.63, 3.8) is 0 Å². The first-order chi connectivity index (χ1) is 19.4. The van der Waals surface area contributed by atoms with Crippen LogP contribution in [0.5, 0.6) is 0 Å². The van der Waals surface area contributed by atoms with Gasteiger partial charge in [-0.3, -0.25) is 0 Å². The number of likely N-dealkylation sites (N-methyl/N-ethyl adjacent to an activating group) is 2. The van der Waals surface area contributed by atoms with Crippen LogP contribution in [-0.4, -0.2) is 76.9 Å². The van der Waals surface area contributed by atoms with Gasteiger partial charge in [-0.05, 0) is 89.1 Å². The van der Waals surface area contributed by atoms with Gasteiger partial charge in [0.15, 0.2) is 0 Å². The highest BCUT2D eigenvalue weighted by Gasteiger charge is 2.24. The smallest absolute Gasteiger partial charge is 0.137 e. The van der Waals surface area contributed by atoms with Crippen LogP contribution in [0.2, 0.25) is 0 Å². The van der Waals surface area contributed by atoms with Gasteiger partial charge in [-0.25, -0.2) is 9.67 Å². The van der Waals surface area contributed by atoms with Crippen LogP contribution < -0.4 is 4.90 Å². The molecule has 3 heterocycles. The molecule has 0 saturated carbocycles. The number of anilines is 2. The summed E-state index contributed by atoms with van der Waals surface area (Å²) in [6.45, 7) is 5.09. The number of hydrogen-bond donors (Lipinski definition) is 1. The van der Waals surface area contributed by atoms with Crippen molar-refractivity contribution in [3.8, 4) is 0 Å². The highest BCUT2D eigenvalue weighted by atomic mass is 32.2. The third-order valence-corrected chi connectivity index (χ3v) is 8.46. The molecule has 0 radical (unpaired) electrons. The van der Waals surface area contributed by atoms with Crippen molar-refractivity contribution in [1.29, 1.82) is 0 Å². The molecule has 208 valence electrons. The first kappa shape index (κ1) is 28.0. The Balaban J connectivity index is 0.000000161. The lowest BCUT2D eigenvalue weighted by Crippen LogP contribution is -2.37. The molecule has 0 fully saturated rings. The van der Waals surface area contributed by atoms with Crippen LogP contribution in [0.4, 0.5) is 11.4 Å². The molecular formula is C32H39N7S. The van der Waals surface area contributed by atoms with Crippen molar-refractivity contribution in [2.75, 3.05) is 46.2 Å². The van der Waals surface area contributed by atoms with Gasteiger partial charge in [0.25, 0.3) is 0 Å². The molecule has 7 nitrogen and oxygen atoms in total. The number of nitrogens with zero attached hydrogens (tertiary/aromatic N) is 6. The molecule has 1 N–H and O–H groups in total. The summed E-state index contributed by atoms with van der Waals surface area (Å²) in [5.41, 5.74) is 6.46. The third-order valence-electron chi connectivity index (χ3n) is 7.33. The number of hydrogen-bond acceptors (Lipinski definition) is 6. The molecule has 0 saturated heterocycles. The number of H-pyrrole nitrogens is 1. The van der Waals surface area contributed by atoms with Crippen molar-refractivity contribution in [3.05, 3.63) is 96.7 Å². The molecule has 1 aliphatic heterocycles. The van der Waals surface area contributed by atoms with Crippen LogP contribution in [0.25, 0.3) is 10.9 Å². The maximum Gasteiger partial charge on any atom is 0.137 e. The Bertz CT molecular complexity index is 1480. The summed E-state index contributed by atoms with van der Waals surface area (Å²) in [6.07, 6.45) is 6.48. The van der Waals surface area contributed by atoms with E-state index in [-0.39, 0.29) is 0 Å². The van der Waals surface area contributed by atoms with E-state index < -0.39 is 0 Å². The van der Waals surface area contributed by atoms with Gasteiger partial charge < -0.3 is 19.7 Å². The molecule has 1 atom stereocenters. The fourth-order valence-corrected chi connectivity index (χ4v) is 5.88. The fraction of sp³-hybridized carbons (Fsp3) is 0.312. The lowest BCUT2D eigenvalue weighted by Gasteiger charge is -2.36. The number of para-hydroxylation sites is 2. The van der Waals surface area contributed by atoms with Crippen LogP contribution in [0.15, 0.2) is 95.4 Å². The van der Waals surface area contributed by atoms with Crippen molar-refractivity contribution in [1.82, 2.24) is 29.5 Å². The van der Waals surface area contributed by atoms with Gasteiger partial charge in [-0.1, -0.05) is 42.1 Å². The molecule has 1 aliphatic rings. The number of aromatic nitrogens is 4. The number of nitrogens with one attached hydrogen (secondary N) is 1. The number of aromatic amines is 1. The van der Waals surface area contributed by atoms with Crippen LogP contribution in [0.3, 0.4) is 0 Å². The highest BCUT2D eigenvalue weighted by molar-refractivity contribution is 7.99. The summed E-state index contributed by atoms with van der Waals surface area (Å²) in [7, 11) is 8.48. The van der Waals surface area contributed by atoms with E-state index in [1.54, 1.807) is 12.7 Å². The minimum atomic E-state index is 0.499. The minimum absolute atomic E-state index is 0.499. The van der Waals surface area contributed by atoms with Crippen LogP contribution >= 0.6 is 11.8 Å². The van der Waals surface area contributed by atoms with Gasteiger partial charge in [-0.2, -0.15) is 5.10 Å². The van der Waals surface area contributed by atoms with E-state index in [0.29, 0.717) is 6.04 Å². The summed E-state index contributed by atoms with van der Waals surface area (Å²) in [4.78, 5) is 16.9. The normalized spacial score (nSPS) is 13.2. The topological polar surface area (TPSA) is 56.2 Å². The Labute approximate surface area is 241 Å². The predicted molar refractivity (Wildman–Crippen MR) is 167 cm³/mol. The summed E-state index contributed by atoms with van der Waals surface area (Å²) in [6, 6.07) is 24.4. The van der Waals surface area contributed by atoms with Crippen molar-refractivity contribution < 1.29 is 0 Å². The summed E-state index contributed by atoms with van der Waals surface area (Å²) < 4.78 is 1.84. The molecule has 0 spiro atoms. The molecule has 6 rings (SSSR count). The van der Waals surface area contributed by atoms with E-state index in [0.717, 1.165) is 26.1 Å².